The first-order valence-corrected chi connectivity index (χ1v) is 7.74. The van der Waals surface area contributed by atoms with Crippen molar-refractivity contribution in [2.45, 2.75) is 12.8 Å². The molecule has 0 saturated carbocycles. The van der Waals surface area contributed by atoms with E-state index in [-0.39, 0.29) is 5.91 Å². The largest absolute Gasteiger partial charge is 0.350 e. The van der Waals surface area contributed by atoms with Gasteiger partial charge in [-0.3, -0.25) is 4.79 Å². The molecule has 1 atom stereocenters. The van der Waals surface area contributed by atoms with E-state index in [1.807, 2.05) is 42.3 Å². The predicted octanol–water partition coefficient (Wildman–Crippen LogP) is 2.41. The highest BCUT2D eigenvalue weighted by Crippen LogP contribution is 2.22. The number of likely N-dealkylation sites (tertiary alicyclic amines) is 1. The molecule has 0 spiro atoms. The van der Waals surface area contributed by atoms with Gasteiger partial charge in [-0.2, -0.15) is 0 Å². The van der Waals surface area contributed by atoms with Crippen LogP contribution < -0.4 is 5.32 Å². The molecule has 0 aliphatic carbocycles. The number of piperidine rings is 1. The fourth-order valence-corrected chi connectivity index (χ4v) is 2.98. The van der Waals surface area contributed by atoms with E-state index in [1.54, 1.807) is 6.07 Å². The summed E-state index contributed by atoms with van der Waals surface area (Å²) < 4.78 is 5.27. The molecule has 1 N–H and O–H groups in total. The molecule has 1 aliphatic heterocycles. The van der Waals surface area contributed by atoms with E-state index in [9.17, 15) is 4.79 Å². The highest BCUT2D eigenvalue weighted by atomic mass is 16.5. The summed E-state index contributed by atoms with van der Waals surface area (Å²) in [4.78, 5) is 14.4. The number of carbonyl (C=O) groups is 1. The molecule has 3 rings (SSSR count). The number of carbonyl (C=O) groups excluding carboxylic acids is 1. The molecule has 5 heteroatoms. The maximum atomic E-state index is 12.6. The molecule has 1 saturated heterocycles. The SMILES string of the molecule is CNCC1CCCN(C(=O)c2cc(-c3ccccc3)no2)C1. The maximum Gasteiger partial charge on any atom is 0.292 e. The minimum Gasteiger partial charge on any atom is -0.350 e. The van der Waals surface area contributed by atoms with Crippen LogP contribution in [0.5, 0.6) is 0 Å². The van der Waals surface area contributed by atoms with Crippen molar-refractivity contribution in [3.8, 4) is 11.3 Å². The van der Waals surface area contributed by atoms with Crippen LogP contribution in [0.25, 0.3) is 11.3 Å². The standard InChI is InChI=1S/C17H21N3O2/c1-18-11-13-6-5-9-20(12-13)17(21)16-10-15(19-22-16)14-7-3-2-4-8-14/h2-4,7-8,10,13,18H,5-6,9,11-12H2,1H3. The minimum absolute atomic E-state index is 0.0597. The van der Waals surface area contributed by atoms with Crippen molar-refractivity contribution < 1.29 is 9.32 Å². The lowest BCUT2D eigenvalue weighted by Gasteiger charge is -2.31. The topological polar surface area (TPSA) is 58.4 Å². The number of nitrogens with one attached hydrogen (secondary N) is 1. The Bertz CT molecular complexity index is 622. The van der Waals surface area contributed by atoms with Gasteiger partial charge < -0.3 is 14.7 Å². The first-order chi connectivity index (χ1) is 10.8. The summed E-state index contributed by atoms with van der Waals surface area (Å²) >= 11 is 0. The number of nitrogens with zero attached hydrogens (tertiary/aromatic N) is 2. The van der Waals surface area contributed by atoms with Crippen molar-refractivity contribution in [1.29, 1.82) is 0 Å². The van der Waals surface area contributed by atoms with Crippen LogP contribution in [0.1, 0.15) is 23.4 Å². The first-order valence-electron chi connectivity index (χ1n) is 7.74. The molecule has 1 amide bonds. The smallest absolute Gasteiger partial charge is 0.292 e. The van der Waals surface area contributed by atoms with E-state index in [2.05, 4.69) is 10.5 Å². The van der Waals surface area contributed by atoms with Crippen LogP contribution in [0.2, 0.25) is 0 Å². The summed E-state index contributed by atoms with van der Waals surface area (Å²) in [6.45, 7) is 2.51. The second-order valence-electron chi connectivity index (χ2n) is 5.76. The second-order valence-corrected chi connectivity index (χ2v) is 5.76. The van der Waals surface area contributed by atoms with E-state index >= 15 is 0 Å². The zero-order valence-corrected chi connectivity index (χ0v) is 12.8. The molecule has 1 unspecified atom stereocenters. The number of hydrogen-bond acceptors (Lipinski definition) is 4. The molecular formula is C17H21N3O2. The Morgan fingerprint density at radius 2 is 2.23 bits per heavy atom. The van der Waals surface area contributed by atoms with Gasteiger partial charge in [0.15, 0.2) is 0 Å². The van der Waals surface area contributed by atoms with Crippen molar-refractivity contribution >= 4 is 5.91 Å². The van der Waals surface area contributed by atoms with Gasteiger partial charge in [-0.1, -0.05) is 35.5 Å². The maximum absolute atomic E-state index is 12.6. The van der Waals surface area contributed by atoms with Crippen molar-refractivity contribution in [2.24, 2.45) is 5.92 Å². The zero-order valence-electron chi connectivity index (χ0n) is 12.8. The highest BCUT2D eigenvalue weighted by Gasteiger charge is 2.26. The van der Waals surface area contributed by atoms with Gasteiger partial charge in [-0.15, -0.1) is 0 Å². The zero-order chi connectivity index (χ0) is 15.4. The minimum atomic E-state index is -0.0597. The molecule has 1 aromatic carbocycles. The molecule has 2 aromatic rings. The Morgan fingerprint density at radius 3 is 3.00 bits per heavy atom. The third-order valence-corrected chi connectivity index (χ3v) is 4.09. The van der Waals surface area contributed by atoms with Crippen LogP contribution in [0.4, 0.5) is 0 Å². The van der Waals surface area contributed by atoms with Crippen molar-refractivity contribution in [1.82, 2.24) is 15.4 Å². The Morgan fingerprint density at radius 1 is 1.41 bits per heavy atom. The van der Waals surface area contributed by atoms with Gasteiger partial charge in [0.1, 0.15) is 5.69 Å². The number of hydrogen-bond donors (Lipinski definition) is 1. The summed E-state index contributed by atoms with van der Waals surface area (Å²) in [5.74, 6) is 0.777. The van der Waals surface area contributed by atoms with Crippen molar-refractivity contribution in [2.75, 3.05) is 26.7 Å². The predicted molar refractivity (Wildman–Crippen MR) is 84.5 cm³/mol. The third-order valence-electron chi connectivity index (χ3n) is 4.09. The molecular weight excluding hydrogens is 278 g/mol. The van der Waals surface area contributed by atoms with E-state index in [4.69, 9.17) is 4.52 Å². The Labute approximate surface area is 130 Å². The summed E-state index contributed by atoms with van der Waals surface area (Å²) in [7, 11) is 1.95. The summed E-state index contributed by atoms with van der Waals surface area (Å²) in [5, 5.41) is 7.21. The molecule has 0 bridgehead atoms. The van der Waals surface area contributed by atoms with Gasteiger partial charge in [0.2, 0.25) is 5.76 Å². The molecule has 116 valence electrons. The molecule has 1 aromatic heterocycles. The second kappa shape index (κ2) is 6.75. The summed E-state index contributed by atoms with van der Waals surface area (Å²) in [6, 6.07) is 11.5. The van der Waals surface area contributed by atoms with Crippen LogP contribution >= 0.6 is 0 Å². The lowest BCUT2D eigenvalue weighted by atomic mass is 9.98. The van der Waals surface area contributed by atoms with Crippen LogP contribution in [0.15, 0.2) is 40.9 Å². The van der Waals surface area contributed by atoms with E-state index in [0.717, 1.165) is 38.0 Å². The van der Waals surface area contributed by atoms with Crippen LogP contribution in [-0.2, 0) is 0 Å². The average molecular weight is 299 g/mol. The van der Waals surface area contributed by atoms with E-state index < -0.39 is 0 Å². The van der Waals surface area contributed by atoms with Gasteiger partial charge in [-0.25, -0.2) is 0 Å². The van der Waals surface area contributed by atoms with E-state index in [1.165, 1.54) is 0 Å². The molecule has 2 heterocycles. The van der Waals surface area contributed by atoms with Crippen LogP contribution in [-0.4, -0.2) is 42.6 Å². The fraction of sp³-hybridized carbons (Fsp3) is 0.412. The Kier molecular flexibility index (Phi) is 4.53. The Hall–Kier alpha value is -2.14. The van der Waals surface area contributed by atoms with Crippen LogP contribution in [0, 0.1) is 5.92 Å². The fourth-order valence-electron chi connectivity index (χ4n) is 2.98. The summed E-state index contributed by atoms with van der Waals surface area (Å²) in [5.41, 5.74) is 1.66. The van der Waals surface area contributed by atoms with Crippen molar-refractivity contribution in [3.63, 3.8) is 0 Å². The molecule has 1 fully saturated rings. The third kappa shape index (κ3) is 3.20. The molecule has 1 aliphatic rings. The molecule has 22 heavy (non-hydrogen) atoms. The van der Waals surface area contributed by atoms with Crippen molar-refractivity contribution in [3.05, 3.63) is 42.2 Å². The average Bonchev–Trinajstić information content (AvgIpc) is 3.05. The normalized spacial score (nSPS) is 18.4. The van der Waals surface area contributed by atoms with Gasteiger partial charge in [0, 0.05) is 24.7 Å². The number of amides is 1. The number of rotatable bonds is 4. The van der Waals surface area contributed by atoms with Gasteiger partial charge in [0.05, 0.1) is 0 Å². The highest BCUT2D eigenvalue weighted by molar-refractivity contribution is 5.92. The van der Waals surface area contributed by atoms with Gasteiger partial charge in [-0.05, 0) is 32.4 Å². The van der Waals surface area contributed by atoms with Gasteiger partial charge >= 0.3 is 0 Å². The number of aromatic nitrogens is 1. The van der Waals surface area contributed by atoms with Gasteiger partial charge in [0.25, 0.3) is 5.91 Å². The Balaban J connectivity index is 1.71. The lowest BCUT2D eigenvalue weighted by Crippen LogP contribution is -2.42. The molecule has 5 nitrogen and oxygen atoms in total. The van der Waals surface area contributed by atoms with E-state index in [0.29, 0.717) is 17.4 Å². The summed E-state index contributed by atoms with van der Waals surface area (Å²) in [6.07, 6.45) is 2.20. The quantitative estimate of drug-likeness (QED) is 0.942. The first kappa shape index (κ1) is 14.8. The number of benzene rings is 1. The monoisotopic (exact) mass is 299 g/mol. The molecule has 0 radical (unpaired) electrons. The van der Waals surface area contributed by atoms with Crippen LogP contribution in [0.3, 0.4) is 0 Å². The lowest BCUT2D eigenvalue weighted by molar-refractivity contribution is 0.0632.